The Hall–Kier alpha value is -2.61. The van der Waals surface area contributed by atoms with Gasteiger partial charge in [0, 0.05) is 31.2 Å². The van der Waals surface area contributed by atoms with Crippen LogP contribution in [0.3, 0.4) is 0 Å². The third-order valence-corrected chi connectivity index (χ3v) is 2.90. The maximum absolute atomic E-state index is 9.15. The lowest BCUT2D eigenvalue weighted by Crippen LogP contribution is -2.25. The molecule has 2 rings (SSSR count). The third-order valence-electron chi connectivity index (χ3n) is 2.90. The Morgan fingerprint density at radius 2 is 2.10 bits per heavy atom. The van der Waals surface area contributed by atoms with Gasteiger partial charge in [-0.2, -0.15) is 5.26 Å². The van der Waals surface area contributed by atoms with Crippen LogP contribution in [-0.2, 0) is 6.54 Å². The Labute approximate surface area is 118 Å². The molecule has 102 valence electrons. The summed E-state index contributed by atoms with van der Waals surface area (Å²) in [6, 6.07) is 9.83. The molecule has 0 spiro atoms. The van der Waals surface area contributed by atoms with Crippen molar-refractivity contribution in [3.63, 3.8) is 0 Å². The number of benzene rings is 1. The molecular weight excluding hydrogens is 250 g/mol. The quantitative estimate of drug-likeness (QED) is 0.841. The van der Waals surface area contributed by atoms with Crippen LogP contribution in [0, 0.1) is 11.3 Å². The van der Waals surface area contributed by atoms with Gasteiger partial charge in [-0.25, -0.2) is 9.97 Å². The van der Waals surface area contributed by atoms with Crippen molar-refractivity contribution in [1.29, 1.82) is 5.26 Å². The highest BCUT2D eigenvalue weighted by molar-refractivity contribution is 5.50. The molecule has 2 aromatic rings. The van der Waals surface area contributed by atoms with E-state index in [1.54, 1.807) is 6.20 Å². The average molecular weight is 267 g/mol. The second-order valence-corrected chi connectivity index (χ2v) is 4.51. The first-order valence-electron chi connectivity index (χ1n) is 6.55. The lowest BCUT2D eigenvalue weighted by atomic mass is 10.2. The first-order valence-corrected chi connectivity index (χ1v) is 6.55. The number of nitrogens with two attached hydrogens (primary N) is 1. The van der Waals surface area contributed by atoms with Gasteiger partial charge in [0.25, 0.3) is 0 Å². The van der Waals surface area contributed by atoms with Crippen LogP contribution in [0.4, 0.5) is 11.5 Å². The predicted molar refractivity (Wildman–Crippen MR) is 78.9 cm³/mol. The zero-order valence-electron chi connectivity index (χ0n) is 11.5. The molecule has 5 heteroatoms. The summed E-state index contributed by atoms with van der Waals surface area (Å²) in [5.74, 6) is 0.624. The summed E-state index contributed by atoms with van der Waals surface area (Å²) < 4.78 is 0. The first kappa shape index (κ1) is 13.8. The fourth-order valence-corrected chi connectivity index (χ4v) is 2.08. The Morgan fingerprint density at radius 1 is 1.30 bits per heavy atom. The maximum Gasteiger partial charge on any atom is 0.183 e. The number of hydrogen-bond donors (Lipinski definition) is 1. The van der Waals surface area contributed by atoms with Crippen molar-refractivity contribution in [3.8, 4) is 6.07 Å². The van der Waals surface area contributed by atoms with Crippen LogP contribution in [-0.4, -0.2) is 16.5 Å². The summed E-state index contributed by atoms with van der Waals surface area (Å²) in [6.45, 7) is 3.56. The zero-order valence-corrected chi connectivity index (χ0v) is 11.5. The number of nitriles is 1. The van der Waals surface area contributed by atoms with E-state index in [9.17, 15) is 0 Å². The standard InChI is InChI=1S/C15H17N5/c1-2-8-20(11-12-4-3-5-13(17)9-12)15-14(10-16)18-6-7-19-15/h3-7,9H,2,8,11,17H2,1H3. The molecule has 1 aromatic carbocycles. The summed E-state index contributed by atoms with van der Waals surface area (Å²) in [6.07, 6.45) is 4.11. The summed E-state index contributed by atoms with van der Waals surface area (Å²) in [7, 11) is 0. The number of nitrogen functional groups attached to an aromatic ring is 1. The van der Waals surface area contributed by atoms with Gasteiger partial charge in [-0.05, 0) is 24.1 Å². The minimum atomic E-state index is 0.352. The Bertz CT molecular complexity index is 618. The van der Waals surface area contributed by atoms with Crippen LogP contribution in [0.15, 0.2) is 36.7 Å². The van der Waals surface area contributed by atoms with E-state index in [-0.39, 0.29) is 0 Å². The molecule has 0 aliphatic heterocycles. The Balaban J connectivity index is 2.29. The predicted octanol–water partition coefficient (Wildman–Crippen LogP) is 2.35. The second-order valence-electron chi connectivity index (χ2n) is 4.51. The number of nitrogens with zero attached hydrogens (tertiary/aromatic N) is 4. The number of rotatable bonds is 5. The van der Waals surface area contributed by atoms with Gasteiger partial charge in [-0.3, -0.25) is 0 Å². The third kappa shape index (κ3) is 3.23. The van der Waals surface area contributed by atoms with Gasteiger partial charge in [0.1, 0.15) is 6.07 Å². The molecule has 0 unspecified atom stereocenters. The molecule has 0 saturated heterocycles. The lowest BCUT2D eigenvalue weighted by molar-refractivity contribution is 0.750. The monoisotopic (exact) mass is 267 g/mol. The highest BCUT2D eigenvalue weighted by atomic mass is 15.2. The first-order chi connectivity index (χ1) is 9.74. The van der Waals surface area contributed by atoms with Crippen LogP contribution in [0.2, 0.25) is 0 Å². The minimum Gasteiger partial charge on any atom is -0.399 e. The number of anilines is 2. The van der Waals surface area contributed by atoms with E-state index < -0.39 is 0 Å². The van der Waals surface area contributed by atoms with Crippen molar-refractivity contribution >= 4 is 11.5 Å². The van der Waals surface area contributed by atoms with E-state index in [2.05, 4.69) is 27.9 Å². The van der Waals surface area contributed by atoms with Crippen molar-refractivity contribution in [3.05, 3.63) is 47.9 Å². The molecule has 0 bridgehead atoms. The summed E-state index contributed by atoms with van der Waals surface area (Å²) in [5, 5.41) is 9.15. The van der Waals surface area contributed by atoms with E-state index in [0.717, 1.165) is 24.2 Å². The van der Waals surface area contributed by atoms with Crippen molar-refractivity contribution in [1.82, 2.24) is 9.97 Å². The zero-order chi connectivity index (χ0) is 14.4. The molecule has 0 aliphatic carbocycles. The smallest absolute Gasteiger partial charge is 0.183 e. The fourth-order valence-electron chi connectivity index (χ4n) is 2.08. The van der Waals surface area contributed by atoms with Crippen LogP contribution in [0.1, 0.15) is 24.6 Å². The lowest BCUT2D eigenvalue weighted by Gasteiger charge is -2.23. The van der Waals surface area contributed by atoms with Crippen LogP contribution < -0.4 is 10.6 Å². The highest BCUT2D eigenvalue weighted by Crippen LogP contribution is 2.18. The number of aromatic nitrogens is 2. The molecule has 0 fully saturated rings. The fraction of sp³-hybridized carbons (Fsp3) is 0.267. The Kier molecular flexibility index (Phi) is 4.51. The molecule has 0 radical (unpaired) electrons. The van der Waals surface area contributed by atoms with E-state index in [0.29, 0.717) is 18.1 Å². The molecule has 20 heavy (non-hydrogen) atoms. The summed E-state index contributed by atoms with van der Waals surface area (Å²) >= 11 is 0. The largest absolute Gasteiger partial charge is 0.399 e. The maximum atomic E-state index is 9.15. The van der Waals surface area contributed by atoms with Gasteiger partial charge < -0.3 is 10.6 Å². The van der Waals surface area contributed by atoms with E-state index in [1.807, 2.05) is 24.3 Å². The normalized spacial score (nSPS) is 10.0. The molecule has 0 atom stereocenters. The molecule has 1 heterocycles. The molecule has 5 nitrogen and oxygen atoms in total. The molecule has 2 N–H and O–H groups in total. The minimum absolute atomic E-state index is 0.352. The van der Waals surface area contributed by atoms with Crippen LogP contribution in [0.5, 0.6) is 0 Å². The molecule has 0 saturated carbocycles. The number of hydrogen-bond acceptors (Lipinski definition) is 5. The van der Waals surface area contributed by atoms with E-state index in [4.69, 9.17) is 11.0 Å². The van der Waals surface area contributed by atoms with Crippen molar-refractivity contribution in [2.75, 3.05) is 17.2 Å². The van der Waals surface area contributed by atoms with Gasteiger partial charge in [0.2, 0.25) is 0 Å². The van der Waals surface area contributed by atoms with Crippen molar-refractivity contribution < 1.29 is 0 Å². The van der Waals surface area contributed by atoms with Crippen molar-refractivity contribution in [2.24, 2.45) is 0 Å². The van der Waals surface area contributed by atoms with E-state index in [1.165, 1.54) is 6.20 Å². The SMILES string of the molecule is CCCN(Cc1cccc(N)c1)c1nccnc1C#N. The second kappa shape index (κ2) is 6.53. The van der Waals surface area contributed by atoms with Crippen LogP contribution in [0.25, 0.3) is 0 Å². The van der Waals surface area contributed by atoms with Gasteiger partial charge in [0.05, 0.1) is 0 Å². The van der Waals surface area contributed by atoms with Gasteiger partial charge in [-0.1, -0.05) is 19.1 Å². The Morgan fingerprint density at radius 3 is 2.80 bits per heavy atom. The van der Waals surface area contributed by atoms with Gasteiger partial charge in [-0.15, -0.1) is 0 Å². The molecule has 1 aromatic heterocycles. The van der Waals surface area contributed by atoms with Crippen LogP contribution >= 0.6 is 0 Å². The highest BCUT2D eigenvalue weighted by Gasteiger charge is 2.13. The van der Waals surface area contributed by atoms with Gasteiger partial charge >= 0.3 is 0 Å². The average Bonchev–Trinajstić information content (AvgIpc) is 2.47. The summed E-state index contributed by atoms with van der Waals surface area (Å²) in [4.78, 5) is 10.4. The topological polar surface area (TPSA) is 78.8 Å². The molecular formula is C15H17N5. The van der Waals surface area contributed by atoms with Crippen molar-refractivity contribution in [2.45, 2.75) is 19.9 Å². The van der Waals surface area contributed by atoms with Gasteiger partial charge in [0.15, 0.2) is 11.5 Å². The molecule has 0 aliphatic rings. The summed E-state index contributed by atoms with van der Waals surface area (Å²) in [5.41, 5.74) is 7.98. The molecule has 0 amide bonds. The van der Waals surface area contributed by atoms with E-state index >= 15 is 0 Å².